The van der Waals surface area contributed by atoms with Crippen LogP contribution in [-0.2, 0) is 30.3 Å². The topological polar surface area (TPSA) is 72.9 Å². The predicted molar refractivity (Wildman–Crippen MR) is 101 cm³/mol. The zero-order valence-corrected chi connectivity index (χ0v) is 16.2. The molecule has 0 bridgehead atoms. The summed E-state index contributed by atoms with van der Waals surface area (Å²) in [6.45, 7) is 5.37. The maximum Gasteiger partial charge on any atom is 0.337 e. The number of cyclic esters (lactones) is 1. The summed E-state index contributed by atoms with van der Waals surface area (Å²) in [5.74, 6) is -1.10. The molecule has 3 atom stereocenters. The van der Waals surface area contributed by atoms with E-state index in [1.165, 1.54) is 11.2 Å². The Morgan fingerprint density at radius 2 is 2.04 bits per heavy atom. The molecule has 0 saturated carbocycles. The van der Waals surface area contributed by atoms with Crippen molar-refractivity contribution in [2.45, 2.75) is 58.3 Å². The maximum atomic E-state index is 13.1. The van der Waals surface area contributed by atoms with Gasteiger partial charge in [0, 0.05) is 23.5 Å². The number of imide groups is 1. The Labute approximate surface area is 163 Å². The molecule has 0 N–H and O–H groups in total. The molecule has 6 nitrogen and oxygen atoms in total. The van der Waals surface area contributed by atoms with Gasteiger partial charge in [0.25, 0.3) is 12.2 Å². The molecule has 1 saturated heterocycles. The first-order valence-electron chi connectivity index (χ1n) is 9.62. The SMILES string of the molecule is CCCC(=O)N1C(=O)/C(=C/OC2OC(=O)C(C)=C2C)C2c3ccccc3CC21. The van der Waals surface area contributed by atoms with Crippen molar-refractivity contribution < 1.29 is 23.9 Å². The van der Waals surface area contributed by atoms with Crippen molar-refractivity contribution in [1.29, 1.82) is 0 Å². The second kappa shape index (κ2) is 6.93. The Balaban J connectivity index is 1.68. The lowest BCUT2D eigenvalue weighted by molar-refractivity contribution is -0.153. The van der Waals surface area contributed by atoms with E-state index in [1.807, 2.05) is 31.2 Å². The molecule has 2 amide bonds. The molecule has 1 aromatic rings. The number of hydrogen-bond donors (Lipinski definition) is 0. The van der Waals surface area contributed by atoms with E-state index >= 15 is 0 Å². The number of amides is 2. The molecule has 3 aliphatic rings. The van der Waals surface area contributed by atoms with E-state index in [2.05, 4.69) is 0 Å². The van der Waals surface area contributed by atoms with Crippen LogP contribution in [0.3, 0.4) is 0 Å². The van der Waals surface area contributed by atoms with Gasteiger partial charge >= 0.3 is 5.97 Å². The van der Waals surface area contributed by atoms with Crippen LogP contribution in [0.5, 0.6) is 0 Å². The predicted octanol–water partition coefficient (Wildman–Crippen LogP) is 2.98. The Morgan fingerprint density at radius 1 is 1.29 bits per heavy atom. The van der Waals surface area contributed by atoms with Crippen LogP contribution >= 0.6 is 0 Å². The summed E-state index contributed by atoms with van der Waals surface area (Å²) in [7, 11) is 0. The van der Waals surface area contributed by atoms with E-state index in [1.54, 1.807) is 13.8 Å². The van der Waals surface area contributed by atoms with Crippen molar-refractivity contribution >= 4 is 17.8 Å². The normalized spacial score (nSPS) is 27.3. The molecule has 1 aliphatic carbocycles. The van der Waals surface area contributed by atoms with Crippen molar-refractivity contribution in [3.63, 3.8) is 0 Å². The molecule has 2 aliphatic heterocycles. The van der Waals surface area contributed by atoms with Crippen molar-refractivity contribution in [3.8, 4) is 0 Å². The Hall–Kier alpha value is -2.89. The van der Waals surface area contributed by atoms with E-state index in [-0.39, 0.29) is 23.8 Å². The van der Waals surface area contributed by atoms with Crippen LogP contribution in [0.4, 0.5) is 0 Å². The molecule has 28 heavy (non-hydrogen) atoms. The summed E-state index contributed by atoms with van der Waals surface area (Å²) >= 11 is 0. The zero-order chi connectivity index (χ0) is 20.0. The molecular formula is C22H23NO5. The fourth-order valence-electron chi connectivity index (χ4n) is 4.24. The molecule has 0 radical (unpaired) electrons. The minimum absolute atomic E-state index is 0.155. The quantitative estimate of drug-likeness (QED) is 0.455. The molecule has 4 rings (SSSR count). The third-order valence-corrected chi connectivity index (χ3v) is 5.85. The summed E-state index contributed by atoms with van der Waals surface area (Å²) in [5, 5.41) is 0. The lowest BCUT2D eigenvalue weighted by Gasteiger charge is -2.21. The van der Waals surface area contributed by atoms with Gasteiger partial charge in [-0.15, -0.1) is 0 Å². The second-order valence-electron chi connectivity index (χ2n) is 7.52. The van der Waals surface area contributed by atoms with Gasteiger partial charge in [0.1, 0.15) is 0 Å². The van der Waals surface area contributed by atoms with E-state index in [0.717, 1.165) is 11.1 Å². The van der Waals surface area contributed by atoms with Crippen LogP contribution in [0, 0.1) is 0 Å². The largest absolute Gasteiger partial charge is 0.458 e. The molecular weight excluding hydrogens is 358 g/mol. The Morgan fingerprint density at radius 3 is 2.71 bits per heavy atom. The summed E-state index contributed by atoms with van der Waals surface area (Å²) in [6, 6.07) is 7.72. The van der Waals surface area contributed by atoms with E-state index in [0.29, 0.717) is 36.0 Å². The zero-order valence-electron chi connectivity index (χ0n) is 16.2. The average molecular weight is 381 g/mol. The minimum atomic E-state index is -0.830. The number of esters is 1. The average Bonchev–Trinajstić information content (AvgIpc) is 3.25. The highest BCUT2D eigenvalue weighted by Crippen LogP contribution is 2.47. The Bertz CT molecular complexity index is 929. The summed E-state index contributed by atoms with van der Waals surface area (Å²) in [5.41, 5.74) is 3.84. The number of ether oxygens (including phenoxy) is 2. The van der Waals surface area contributed by atoms with E-state index < -0.39 is 12.3 Å². The van der Waals surface area contributed by atoms with Crippen LogP contribution in [0.25, 0.3) is 0 Å². The standard InChI is InChI=1S/C22H23NO5/c1-4-7-18(24)23-17-10-14-8-5-6-9-15(14)19(17)16(20(23)25)11-27-22-13(3)12(2)21(26)28-22/h5-6,8-9,11,17,19,22H,4,7,10H2,1-3H3/b16-11+. The van der Waals surface area contributed by atoms with Crippen molar-refractivity contribution in [2.24, 2.45) is 0 Å². The van der Waals surface area contributed by atoms with Crippen molar-refractivity contribution in [2.75, 3.05) is 0 Å². The number of likely N-dealkylation sites (tertiary alicyclic amines) is 1. The van der Waals surface area contributed by atoms with Gasteiger partial charge in [0.05, 0.1) is 17.9 Å². The van der Waals surface area contributed by atoms with Crippen LogP contribution in [-0.4, -0.2) is 35.0 Å². The highest BCUT2D eigenvalue weighted by atomic mass is 16.7. The highest BCUT2D eigenvalue weighted by molar-refractivity contribution is 6.08. The van der Waals surface area contributed by atoms with E-state index in [9.17, 15) is 14.4 Å². The molecule has 146 valence electrons. The fourth-order valence-corrected chi connectivity index (χ4v) is 4.24. The molecule has 0 spiro atoms. The lowest BCUT2D eigenvalue weighted by Crippen LogP contribution is -2.39. The van der Waals surface area contributed by atoms with Gasteiger partial charge in [0.15, 0.2) is 0 Å². The molecule has 2 heterocycles. The number of hydrogen-bond acceptors (Lipinski definition) is 5. The number of fused-ring (bicyclic) bond motifs is 3. The fraction of sp³-hybridized carbons (Fsp3) is 0.409. The van der Waals surface area contributed by atoms with Crippen LogP contribution in [0.2, 0.25) is 0 Å². The third kappa shape index (κ3) is 2.75. The number of carbonyl (C=O) groups is 3. The van der Waals surface area contributed by atoms with Gasteiger partial charge < -0.3 is 9.47 Å². The lowest BCUT2D eigenvalue weighted by atomic mass is 9.94. The molecule has 6 heteroatoms. The first-order valence-corrected chi connectivity index (χ1v) is 9.62. The maximum absolute atomic E-state index is 13.1. The monoisotopic (exact) mass is 381 g/mol. The number of nitrogens with zero attached hydrogens (tertiary/aromatic N) is 1. The second-order valence-corrected chi connectivity index (χ2v) is 7.52. The number of rotatable bonds is 4. The van der Waals surface area contributed by atoms with Crippen LogP contribution in [0.15, 0.2) is 47.2 Å². The minimum Gasteiger partial charge on any atom is -0.458 e. The van der Waals surface area contributed by atoms with Gasteiger partial charge in [-0.05, 0) is 37.8 Å². The summed E-state index contributed by atoms with van der Waals surface area (Å²) in [4.78, 5) is 38.9. The smallest absolute Gasteiger partial charge is 0.337 e. The first-order chi connectivity index (χ1) is 13.4. The van der Waals surface area contributed by atoms with Gasteiger partial charge in [-0.2, -0.15) is 0 Å². The number of carbonyl (C=O) groups excluding carboxylic acids is 3. The van der Waals surface area contributed by atoms with Crippen LogP contribution in [0.1, 0.15) is 50.7 Å². The molecule has 0 aromatic heterocycles. The van der Waals surface area contributed by atoms with Crippen molar-refractivity contribution in [1.82, 2.24) is 4.90 Å². The van der Waals surface area contributed by atoms with Gasteiger partial charge in [-0.25, -0.2) is 4.79 Å². The van der Waals surface area contributed by atoms with Gasteiger partial charge in [0.2, 0.25) is 5.91 Å². The van der Waals surface area contributed by atoms with Crippen molar-refractivity contribution in [3.05, 3.63) is 58.4 Å². The Kier molecular flexibility index (Phi) is 4.57. The van der Waals surface area contributed by atoms with Gasteiger partial charge in [-0.3, -0.25) is 14.5 Å². The van der Waals surface area contributed by atoms with Crippen LogP contribution < -0.4 is 0 Å². The number of benzene rings is 1. The third-order valence-electron chi connectivity index (χ3n) is 5.85. The molecule has 3 unspecified atom stereocenters. The molecule has 1 aromatic carbocycles. The molecule has 1 fully saturated rings. The van der Waals surface area contributed by atoms with E-state index in [4.69, 9.17) is 9.47 Å². The summed E-state index contributed by atoms with van der Waals surface area (Å²) < 4.78 is 10.9. The first kappa shape index (κ1) is 18.5. The van der Waals surface area contributed by atoms with Gasteiger partial charge in [-0.1, -0.05) is 31.2 Å². The highest BCUT2D eigenvalue weighted by Gasteiger charge is 2.51. The summed E-state index contributed by atoms with van der Waals surface area (Å²) in [6.07, 6.45) is 2.23.